The van der Waals surface area contributed by atoms with Crippen LogP contribution in [-0.4, -0.2) is 20.9 Å². The van der Waals surface area contributed by atoms with Gasteiger partial charge >= 0.3 is 5.97 Å². The van der Waals surface area contributed by atoms with E-state index in [2.05, 4.69) is 5.10 Å². The van der Waals surface area contributed by atoms with Gasteiger partial charge in [0, 0.05) is 12.7 Å². The summed E-state index contributed by atoms with van der Waals surface area (Å²) in [6.07, 6.45) is 3.26. The molecule has 0 aliphatic heterocycles. The highest BCUT2D eigenvalue weighted by molar-refractivity contribution is 5.69. The summed E-state index contributed by atoms with van der Waals surface area (Å²) in [6.45, 7) is 3.72. The predicted molar refractivity (Wildman–Crippen MR) is 53.1 cm³/mol. The summed E-state index contributed by atoms with van der Waals surface area (Å²) in [6, 6.07) is 0. The minimum absolute atomic E-state index is 0.283. The summed E-state index contributed by atoms with van der Waals surface area (Å²) in [5, 5.41) is 12.8. The minimum Gasteiger partial charge on any atom is -0.481 e. The Hall–Kier alpha value is -1.32. The molecule has 0 aromatic carbocycles. The highest BCUT2D eigenvalue weighted by Crippen LogP contribution is 2.12. The lowest BCUT2D eigenvalue weighted by molar-refractivity contribution is -0.141. The first-order valence-corrected chi connectivity index (χ1v) is 4.72. The molecule has 4 heteroatoms. The third-order valence-corrected chi connectivity index (χ3v) is 2.61. The molecule has 1 unspecified atom stereocenters. The monoisotopic (exact) mass is 196 g/mol. The zero-order valence-corrected chi connectivity index (χ0v) is 8.82. The minimum atomic E-state index is -0.730. The molecule has 14 heavy (non-hydrogen) atoms. The zero-order chi connectivity index (χ0) is 10.7. The third-order valence-electron chi connectivity index (χ3n) is 2.61. The molecule has 0 spiro atoms. The molecule has 0 aliphatic rings. The maximum absolute atomic E-state index is 10.6. The molecule has 4 nitrogen and oxygen atoms in total. The smallest absolute Gasteiger partial charge is 0.306 e. The Morgan fingerprint density at radius 3 is 2.79 bits per heavy atom. The maximum atomic E-state index is 10.6. The molecule has 0 bridgehead atoms. The average Bonchev–Trinajstić information content (AvgIpc) is 2.44. The number of aromatic nitrogens is 2. The van der Waals surface area contributed by atoms with Gasteiger partial charge in [0.15, 0.2) is 0 Å². The number of rotatable bonds is 4. The molecule has 78 valence electrons. The zero-order valence-electron chi connectivity index (χ0n) is 8.82. The van der Waals surface area contributed by atoms with Crippen molar-refractivity contribution in [3.05, 3.63) is 17.5 Å². The van der Waals surface area contributed by atoms with E-state index in [4.69, 9.17) is 5.11 Å². The topological polar surface area (TPSA) is 55.1 Å². The van der Waals surface area contributed by atoms with Gasteiger partial charge in [0.1, 0.15) is 0 Å². The fourth-order valence-corrected chi connectivity index (χ4v) is 1.29. The normalized spacial score (nSPS) is 12.8. The van der Waals surface area contributed by atoms with Gasteiger partial charge in [0.25, 0.3) is 0 Å². The molecule has 1 N–H and O–H groups in total. The van der Waals surface area contributed by atoms with Gasteiger partial charge < -0.3 is 5.11 Å². The molecule has 1 atom stereocenters. The molecule has 0 saturated heterocycles. The van der Waals surface area contributed by atoms with Crippen molar-refractivity contribution in [3.8, 4) is 0 Å². The molecule has 0 amide bonds. The van der Waals surface area contributed by atoms with Crippen LogP contribution >= 0.6 is 0 Å². The van der Waals surface area contributed by atoms with Crippen LogP contribution in [0.15, 0.2) is 6.20 Å². The van der Waals surface area contributed by atoms with Crippen LogP contribution in [0, 0.1) is 12.8 Å². The standard InChI is InChI=1S/C10H16N2O2/c1-7(10(13)14)4-5-9-6-11-12(3)8(9)2/h6-7H,4-5H2,1-3H3,(H,13,14). The largest absolute Gasteiger partial charge is 0.481 e. The van der Waals surface area contributed by atoms with Crippen molar-refractivity contribution in [3.63, 3.8) is 0 Å². The second-order valence-corrected chi connectivity index (χ2v) is 3.66. The molecule has 1 aromatic heterocycles. The molecular weight excluding hydrogens is 180 g/mol. The lowest BCUT2D eigenvalue weighted by atomic mass is 10.0. The van der Waals surface area contributed by atoms with Crippen LogP contribution in [-0.2, 0) is 18.3 Å². The van der Waals surface area contributed by atoms with Gasteiger partial charge in [-0.25, -0.2) is 0 Å². The highest BCUT2D eigenvalue weighted by atomic mass is 16.4. The van der Waals surface area contributed by atoms with Crippen LogP contribution in [0.1, 0.15) is 24.6 Å². The Morgan fingerprint density at radius 2 is 2.36 bits per heavy atom. The molecule has 1 heterocycles. The Morgan fingerprint density at radius 1 is 1.71 bits per heavy atom. The Bertz CT molecular complexity index is 331. The van der Waals surface area contributed by atoms with E-state index in [0.29, 0.717) is 6.42 Å². The molecule has 0 fully saturated rings. The Balaban J connectivity index is 2.54. The Kier molecular flexibility index (Phi) is 3.28. The van der Waals surface area contributed by atoms with Gasteiger partial charge in [0.05, 0.1) is 12.1 Å². The number of nitrogens with zero attached hydrogens (tertiary/aromatic N) is 2. The van der Waals surface area contributed by atoms with Crippen molar-refractivity contribution in [2.24, 2.45) is 13.0 Å². The van der Waals surface area contributed by atoms with E-state index < -0.39 is 5.97 Å². The molecule has 0 radical (unpaired) electrons. The van der Waals surface area contributed by atoms with Crippen LogP contribution in [0.4, 0.5) is 0 Å². The van der Waals surface area contributed by atoms with E-state index in [0.717, 1.165) is 17.7 Å². The Labute approximate surface area is 83.5 Å². The first-order valence-electron chi connectivity index (χ1n) is 4.72. The van der Waals surface area contributed by atoms with Gasteiger partial charge in [-0.3, -0.25) is 9.48 Å². The van der Waals surface area contributed by atoms with Crippen molar-refractivity contribution >= 4 is 5.97 Å². The van der Waals surface area contributed by atoms with Crippen LogP contribution in [0.5, 0.6) is 0 Å². The van der Waals surface area contributed by atoms with Gasteiger partial charge in [-0.2, -0.15) is 5.10 Å². The van der Waals surface area contributed by atoms with Crippen LogP contribution in [0.3, 0.4) is 0 Å². The average molecular weight is 196 g/mol. The van der Waals surface area contributed by atoms with E-state index in [9.17, 15) is 4.79 Å². The first kappa shape index (κ1) is 10.8. The first-order chi connectivity index (χ1) is 6.52. The predicted octanol–water partition coefficient (Wildman–Crippen LogP) is 1.38. The number of aryl methyl sites for hydroxylation is 2. The van der Waals surface area contributed by atoms with Crippen LogP contribution in [0.2, 0.25) is 0 Å². The second-order valence-electron chi connectivity index (χ2n) is 3.66. The van der Waals surface area contributed by atoms with Crippen LogP contribution in [0.25, 0.3) is 0 Å². The van der Waals surface area contributed by atoms with Crippen molar-refractivity contribution in [2.75, 3.05) is 0 Å². The summed E-state index contributed by atoms with van der Waals surface area (Å²) in [5.41, 5.74) is 2.25. The van der Waals surface area contributed by atoms with Crippen molar-refractivity contribution in [2.45, 2.75) is 26.7 Å². The molecule has 1 aromatic rings. The van der Waals surface area contributed by atoms with Crippen molar-refractivity contribution in [1.29, 1.82) is 0 Å². The number of carboxylic acid groups (broad SMARTS) is 1. The van der Waals surface area contributed by atoms with E-state index in [1.165, 1.54) is 0 Å². The van der Waals surface area contributed by atoms with E-state index in [1.54, 1.807) is 11.6 Å². The molecule has 0 aliphatic carbocycles. The second kappa shape index (κ2) is 4.26. The lowest BCUT2D eigenvalue weighted by Gasteiger charge is -2.05. The number of carbonyl (C=O) groups is 1. The SMILES string of the molecule is Cc1c(CCC(C)C(=O)O)cnn1C. The number of hydrogen-bond donors (Lipinski definition) is 1. The quantitative estimate of drug-likeness (QED) is 0.791. The highest BCUT2D eigenvalue weighted by Gasteiger charge is 2.12. The van der Waals surface area contributed by atoms with Gasteiger partial charge in [-0.15, -0.1) is 0 Å². The summed E-state index contributed by atoms with van der Waals surface area (Å²) in [5.74, 6) is -1.01. The summed E-state index contributed by atoms with van der Waals surface area (Å²) in [4.78, 5) is 10.6. The van der Waals surface area contributed by atoms with Crippen molar-refractivity contribution in [1.82, 2.24) is 9.78 Å². The van der Waals surface area contributed by atoms with Gasteiger partial charge in [-0.1, -0.05) is 6.92 Å². The maximum Gasteiger partial charge on any atom is 0.306 e. The number of aliphatic carboxylic acids is 1. The van der Waals surface area contributed by atoms with E-state index in [1.807, 2.05) is 20.2 Å². The van der Waals surface area contributed by atoms with Crippen molar-refractivity contribution < 1.29 is 9.90 Å². The third kappa shape index (κ3) is 2.34. The van der Waals surface area contributed by atoms with Gasteiger partial charge in [0.2, 0.25) is 0 Å². The van der Waals surface area contributed by atoms with Crippen LogP contribution < -0.4 is 0 Å². The summed E-state index contributed by atoms with van der Waals surface area (Å²) >= 11 is 0. The van der Waals surface area contributed by atoms with Gasteiger partial charge in [-0.05, 0) is 25.3 Å². The summed E-state index contributed by atoms with van der Waals surface area (Å²) in [7, 11) is 1.89. The summed E-state index contributed by atoms with van der Waals surface area (Å²) < 4.78 is 1.81. The fraction of sp³-hybridized carbons (Fsp3) is 0.600. The van der Waals surface area contributed by atoms with E-state index >= 15 is 0 Å². The number of carboxylic acids is 1. The fourth-order valence-electron chi connectivity index (χ4n) is 1.29. The lowest BCUT2D eigenvalue weighted by Crippen LogP contribution is -2.10. The molecule has 1 rings (SSSR count). The van der Waals surface area contributed by atoms with E-state index in [-0.39, 0.29) is 5.92 Å². The molecular formula is C10H16N2O2. The molecule has 0 saturated carbocycles. The number of hydrogen-bond acceptors (Lipinski definition) is 2.